The molecule has 1 N–H and O–H groups in total. The second-order valence-corrected chi connectivity index (χ2v) is 6.08. The quantitative estimate of drug-likeness (QED) is 0.798. The number of carbonyl (C=O) groups is 1. The molecule has 2 nitrogen and oxygen atoms in total. The molecule has 1 aromatic rings. The van der Waals surface area contributed by atoms with E-state index < -0.39 is 0 Å². The number of amides is 1. The highest BCUT2D eigenvalue weighted by molar-refractivity contribution is 8.00. The minimum Gasteiger partial charge on any atom is -0.343 e. The first-order chi connectivity index (χ1) is 6.99. The zero-order valence-electron chi connectivity index (χ0n) is 9.41. The average molecular weight is 223 g/mol. The molecule has 0 radical (unpaired) electrons. The molecule has 0 fully saturated rings. The molecule has 0 bridgehead atoms. The topological polar surface area (TPSA) is 29.1 Å². The second kappa shape index (κ2) is 5.21. The smallest absolute Gasteiger partial charge is 0.251 e. The number of carbonyl (C=O) groups excluding carboxylic acids is 1. The molecule has 15 heavy (non-hydrogen) atoms. The Kier molecular flexibility index (Phi) is 4.21. The minimum atomic E-state index is -0.00708. The van der Waals surface area contributed by atoms with Gasteiger partial charge in [0, 0.05) is 10.3 Å². The van der Waals surface area contributed by atoms with Crippen molar-refractivity contribution in [2.75, 3.05) is 5.88 Å². The summed E-state index contributed by atoms with van der Waals surface area (Å²) in [6.07, 6.45) is 0. The average Bonchev–Trinajstić information content (AvgIpc) is 2.17. The molecule has 0 heterocycles. The SMILES string of the molecule is CC(C)(C)SCNC(=O)c1ccccc1. The Balaban J connectivity index is 2.38. The lowest BCUT2D eigenvalue weighted by molar-refractivity contribution is 0.0961. The first kappa shape index (κ1) is 12.1. The van der Waals surface area contributed by atoms with Gasteiger partial charge in [0.25, 0.3) is 5.91 Å². The third kappa shape index (κ3) is 4.88. The molecular weight excluding hydrogens is 206 g/mol. The summed E-state index contributed by atoms with van der Waals surface area (Å²) >= 11 is 1.72. The molecule has 0 saturated heterocycles. The van der Waals surface area contributed by atoms with Gasteiger partial charge in [0.05, 0.1) is 5.88 Å². The largest absolute Gasteiger partial charge is 0.343 e. The van der Waals surface area contributed by atoms with Crippen molar-refractivity contribution in [2.24, 2.45) is 0 Å². The lowest BCUT2D eigenvalue weighted by Crippen LogP contribution is -2.25. The van der Waals surface area contributed by atoms with Gasteiger partial charge in [-0.25, -0.2) is 0 Å². The van der Waals surface area contributed by atoms with Crippen LogP contribution in [-0.4, -0.2) is 16.5 Å². The molecule has 82 valence electrons. The summed E-state index contributed by atoms with van der Waals surface area (Å²) < 4.78 is 0.184. The standard InChI is InChI=1S/C12H17NOS/c1-12(2,3)15-9-13-11(14)10-7-5-4-6-8-10/h4-8H,9H2,1-3H3,(H,13,14). The van der Waals surface area contributed by atoms with Gasteiger partial charge in [-0.05, 0) is 12.1 Å². The number of hydrogen-bond donors (Lipinski definition) is 1. The third-order valence-corrected chi connectivity index (χ3v) is 2.93. The van der Waals surface area contributed by atoms with Crippen LogP contribution in [0.25, 0.3) is 0 Å². The van der Waals surface area contributed by atoms with Gasteiger partial charge in [0.2, 0.25) is 0 Å². The molecule has 0 spiro atoms. The van der Waals surface area contributed by atoms with Gasteiger partial charge >= 0.3 is 0 Å². The molecule has 0 saturated carbocycles. The van der Waals surface area contributed by atoms with Gasteiger partial charge in [-0.1, -0.05) is 39.0 Å². The summed E-state index contributed by atoms with van der Waals surface area (Å²) in [5.41, 5.74) is 0.715. The summed E-state index contributed by atoms with van der Waals surface area (Å²) in [7, 11) is 0. The zero-order valence-corrected chi connectivity index (χ0v) is 10.2. The van der Waals surface area contributed by atoms with Crippen LogP contribution >= 0.6 is 11.8 Å². The maximum atomic E-state index is 11.6. The van der Waals surface area contributed by atoms with Crippen LogP contribution in [0.15, 0.2) is 30.3 Å². The predicted octanol–water partition coefficient (Wildman–Crippen LogP) is 2.91. The fourth-order valence-corrected chi connectivity index (χ4v) is 1.65. The van der Waals surface area contributed by atoms with E-state index in [1.807, 2.05) is 30.3 Å². The van der Waals surface area contributed by atoms with Crippen LogP contribution in [0.5, 0.6) is 0 Å². The molecule has 3 heteroatoms. The monoisotopic (exact) mass is 223 g/mol. The highest BCUT2D eigenvalue weighted by Gasteiger charge is 2.11. The highest BCUT2D eigenvalue weighted by Crippen LogP contribution is 2.21. The zero-order chi connectivity index (χ0) is 11.3. The maximum absolute atomic E-state index is 11.6. The number of rotatable bonds is 3. The second-order valence-electron chi connectivity index (χ2n) is 4.27. The van der Waals surface area contributed by atoms with E-state index in [1.54, 1.807) is 11.8 Å². The first-order valence-electron chi connectivity index (χ1n) is 4.96. The fourth-order valence-electron chi connectivity index (χ4n) is 1.01. The van der Waals surface area contributed by atoms with Crippen molar-refractivity contribution in [1.82, 2.24) is 5.32 Å². The van der Waals surface area contributed by atoms with E-state index in [0.717, 1.165) is 0 Å². The van der Waals surface area contributed by atoms with Crippen molar-refractivity contribution < 1.29 is 4.79 Å². The van der Waals surface area contributed by atoms with Crippen molar-refractivity contribution in [3.63, 3.8) is 0 Å². The highest BCUT2D eigenvalue weighted by atomic mass is 32.2. The fraction of sp³-hybridized carbons (Fsp3) is 0.417. The number of hydrogen-bond acceptors (Lipinski definition) is 2. The van der Waals surface area contributed by atoms with E-state index in [9.17, 15) is 4.79 Å². The van der Waals surface area contributed by atoms with Crippen LogP contribution in [0.2, 0.25) is 0 Å². The van der Waals surface area contributed by atoms with Crippen LogP contribution < -0.4 is 5.32 Å². The summed E-state index contributed by atoms with van der Waals surface area (Å²) in [5.74, 6) is 0.643. The van der Waals surface area contributed by atoms with Crippen molar-refractivity contribution >= 4 is 17.7 Å². The number of benzene rings is 1. The summed E-state index contributed by atoms with van der Waals surface area (Å²) in [4.78, 5) is 11.6. The van der Waals surface area contributed by atoms with Gasteiger partial charge in [0.15, 0.2) is 0 Å². The molecule has 1 aromatic carbocycles. The van der Waals surface area contributed by atoms with Gasteiger partial charge in [-0.2, -0.15) is 0 Å². The van der Waals surface area contributed by atoms with Gasteiger partial charge in [-0.15, -0.1) is 11.8 Å². The predicted molar refractivity (Wildman–Crippen MR) is 66.1 cm³/mol. The van der Waals surface area contributed by atoms with E-state index >= 15 is 0 Å². The third-order valence-electron chi connectivity index (χ3n) is 1.77. The Hall–Kier alpha value is -0.960. The Morgan fingerprint density at radius 3 is 2.40 bits per heavy atom. The first-order valence-corrected chi connectivity index (χ1v) is 5.95. The van der Waals surface area contributed by atoms with Crippen LogP contribution in [-0.2, 0) is 0 Å². The minimum absolute atomic E-state index is 0.00708. The van der Waals surface area contributed by atoms with E-state index in [1.165, 1.54) is 0 Å². The van der Waals surface area contributed by atoms with Crippen LogP contribution in [0, 0.1) is 0 Å². The Morgan fingerprint density at radius 2 is 1.87 bits per heavy atom. The summed E-state index contributed by atoms with van der Waals surface area (Å²) in [5, 5.41) is 2.88. The van der Waals surface area contributed by atoms with Crippen molar-refractivity contribution in [3.05, 3.63) is 35.9 Å². The summed E-state index contributed by atoms with van der Waals surface area (Å²) in [6.45, 7) is 6.39. The molecule has 0 aromatic heterocycles. The number of thioether (sulfide) groups is 1. The van der Waals surface area contributed by atoms with Crippen molar-refractivity contribution in [1.29, 1.82) is 0 Å². The van der Waals surface area contributed by atoms with Crippen molar-refractivity contribution in [2.45, 2.75) is 25.5 Å². The maximum Gasteiger partial charge on any atom is 0.251 e. The normalized spacial score (nSPS) is 11.1. The molecule has 0 aliphatic heterocycles. The Labute approximate surface area is 95.5 Å². The lowest BCUT2D eigenvalue weighted by atomic mass is 10.2. The molecule has 0 aliphatic carbocycles. The Morgan fingerprint density at radius 1 is 1.27 bits per heavy atom. The molecule has 0 unspecified atom stereocenters. The van der Waals surface area contributed by atoms with E-state index in [4.69, 9.17) is 0 Å². The van der Waals surface area contributed by atoms with Gasteiger partial charge < -0.3 is 5.32 Å². The van der Waals surface area contributed by atoms with Crippen LogP contribution in [0.1, 0.15) is 31.1 Å². The van der Waals surface area contributed by atoms with E-state index in [0.29, 0.717) is 11.4 Å². The van der Waals surface area contributed by atoms with Gasteiger partial charge in [0.1, 0.15) is 0 Å². The van der Waals surface area contributed by atoms with Crippen LogP contribution in [0.3, 0.4) is 0 Å². The van der Waals surface area contributed by atoms with Crippen LogP contribution in [0.4, 0.5) is 0 Å². The van der Waals surface area contributed by atoms with Crippen molar-refractivity contribution in [3.8, 4) is 0 Å². The lowest BCUT2D eigenvalue weighted by Gasteiger charge is -2.17. The summed E-state index contributed by atoms with van der Waals surface area (Å²) in [6, 6.07) is 9.27. The molecule has 1 amide bonds. The van der Waals surface area contributed by atoms with E-state index in [2.05, 4.69) is 26.1 Å². The molecule has 0 atom stereocenters. The molecule has 0 aliphatic rings. The van der Waals surface area contributed by atoms with E-state index in [-0.39, 0.29) is 10.7 Å². The number of nitrogens with one attached hydrogen (secondary N) is 1. The Bertz CT molecular complexity index is 316. The molecule has 1 rings (SSSR count). The van der Waals surface area contributed by atoms with Gasteiger partial charge in [-0.3, -0.25) is 4.79 Å². The molecular formula is C12H17NOS.